The number of urea groups is 1. The normalized spacial score (nSPS) is 13.8. The highest BCUT2D eigenvalue weighted by atomic mass is 32.1. The predicted molar refractivity (Wildman–Crippen MR) is 322 cm³/mol. The highest BCUT2D eigenvalue weighted by molar-refractivity contribution is 7.14. The van der Waals surface area contributed by atoms with Gasteiger partial charge in [-0.1, -0.05) is 59.8 Å². The van der Waals surface area contributed by atoms with Crippen molar-refractivity contribution >= 4 is 45.9 Å². The summed E-state index contributed by atoms with van der Waals surface area (Å²) in [5, 5.41) is 19.3. The van der Waals surface area contributed by atoms with E-state index in [9.17, 15) is 19.2 Å². The van der Waals surface area contributed by atoms with Gasteiger partial charge in [0.25, 0.3) is 0 Å². The van der Waals surface area contributed by atoms with Crippen LogP contribution in [-0.2, 0) is 60.9 Å². The van der Waals surface area contributed by atoms with E-state index in [1.165, 1.54) is 11.3 Å². The molecule has 84 heavy (non-hydrogen) atoms. The van der Waals surface area contributed by atoms with Gasteiger partial charge in [0.05, 0.1) is 77.7 Å². The van der Waals surface area contributed by atoms with E-state index < -0.39 is 12.1 Å². The molecule has 1 aliphatic heterocycles. The first kappa shape index (κ1) is 62.6. The Morgan fingerprint density at radius 2 is 1.39 bits per heavy atom. The number of carbonyl (C=O) groups is 4. The van der Waals surface area contributed by atoms with Crippen LogP contribution in [0.25, 0.3) is 0 Å². The molecule has 2 aromatic heterocycles. The van der Waals surface area contributed by atoms with Crippen molar-refractivity contribution in [3.05, 3.63) is 143 Å². The summed E-state index contributed by atoms with van der Waals surface area (Å²) in [6.07, 6.45) is 7.21. The number of nitrogens with one attached hydrogen (secondary N) is 3. The van der Waals surface area contributed by atoms with Gasteiger partial charge < -0.3 is 58.7 Å². The molecule has 2 fully saturated rings. The highest BCUT2D eigenvalue weighted by Crippen LogP contribution is 2.36. The fraction of sp³-hybridized carbons (Fsp3) is 0.468. The zero-order chi connectivity index (χ0) is 58.7. The number of hydrogen-bond acceptors (Lipinski definition) is 16. The van der Waals surface area contributed by atoms with Gasteiger partial charge >= 0.3 is 6.03 Å². The van der Waals surface area contributed by atoms with Crippen LogP contribution in [0, 0.1) is 0 Å². The van der Waals surface area contributed by atoms with Crippen LogP contribution < -0.4 is 30.2 Å². The maximum atomic E-state index is 14.0. The number of anilines is 2. The van der Waals surface area contributed by atoms with E-state index in [4.69, 9.17) is 28.4 Å². The second-order valence-corrected chi connectivity index (χ2v) is 21.8. The average Bonchev–Trinajstić information content (AvgIpc) is 4.25. The summed E-state index contributed by atoms with van der Waals surface area (Å²) in [4.78, 5) is 65.8. The summed E-state index contributed by atoms with van der Waals surface area (Å²) in [6.45, 7) is 9.67. The standard InChI is InChI=1S/C62H81N11O10S/c1-69(28-7-8-35-82-55-22-14-49(15-23-55)59(60(76)63-44-48-9-5-4-6-10-48)73(53-18-19-53)57(74)26-13-47-11-20-54(78-3)21-12-47)33-37-80-40-39-79-36-27-51-45-72(68-67-51)34-38-81-41-42-83-56-24-16-50(17-25-56)64-61(77)66-62-65-52(46-84-62)43-58(75)71-31-29-70(2)30-32-71/h4-6,9-12,14-17,20-25,45-46,53,59H,7-8,13,18-19,26-44H2,1-3H3,(H,63,76)(H2,64,65,66,77). The lowest BCUT2D eigenvalue weighted by Gasteiger charge is -2.32. The van der Waals surface area contributed by atoms with Gasteiger partial charge in [-0.05, 0) is 118 Å². The van der Waals surface area contributed by atoms with Gasteiger partial charge in [0.2, 0.25) is 17.7 Å². The third kappa shape index (κ3) is 21.3. The van der Waals surface area contributed by atoms with Crippen LogP contribution in [0.5, 0.6) is 17.2 Å². The number of aryl methyl sites for hydroxylation is 1. The van der Waals surface area contributed by atoms with Crippen molar-refractivity contribution in [3.8, 4) is 17.2 Å². The highest BCUT2D eigenvalue weighted by Gasteiger charge is 2.41. The molecule has 3 N–H and O–H groups in total. The number of thiazole rings is 1. The number of ether oxygens (including phenoxy) is 6. The Hall–Kier alpha value is -7.47. The molecule has 8 rings (SSSR count). The van der Waals surface area contributed by atoms with E-state index in [2.05, 4.69) is 48.1 Å². The van der Waals surface area contributed by atoms with Gasteiger partial charge in [-0.2, -0.15) is 0 Å². The molecule has 3 heterocycles. The molecule has 5 amide bonds. The molecule has 0 radical (unpaired) electrons. The number of carbonyl (C=O) groups excluding carboxylic acids is 4. The Morgan fingerprint density at radius 3 is 2.13 bits per heavy atom. The van der Waals surface area contributed by atoms with Crippen molar-refractivity contribution in [3.63, 3.8) is 0 Å². The second kappa shape index (κ2) is 33.7. The zero-order valence-electron chi connectivity index (χ0n) is 48.7. The number of aromatic nitrogens is 4. The smallest absolute Gasteiger partial charge is 0.325 e. The van der Waals surface area contributed by atoms with E-state index >= 15 is 0 Å². The molecule has 0 spiro atoms. The van der Waals surface area contributed by atoms with Crippen molar-refractivity contribution < 1.29 is 47.6 Å². The summed E-state index contributed by atoms with van der Waals surface area (Å²) in [5.41, 5.74) is 4.86. The predicted octanol–water partition coefficient (Wildman–Crippen LogP) is 7.15. The molecule has 450 valence electrons. The summed E-state index contributed by atoms with van der Waals surface area (Å²) in [6, 6.07) is 31.1. The van der Waals surface area contributed by atoms with Crippen LogP contribution in [0.1, 0.15) is 66.2 Å². The summed E-state index contributed by atoms with van der Waals surface area (Å²) in [7, 11) is 5.77. The summed E-state index contributed by atoms with van der Waals surface area (Å²) in [5.74, 6) is 1.95. The molecule has 0 bridgehead atoms. The molecule has 21 nitrogen and oxygen atoms in total. The molecule has 1 saturated carbocycles. The van der Waals surface area contributed by atoms with E-state index in [1.54, 1.807) is 41.4 Å². The largest absolute Gasteiger partial charge is 0.497 e. The topological polar surface area (TPSA) is 216 Å². The van der Waals surface area contributed by atoms with Gasteiger partial charge in [-0.25, -0.2) is 14.5 Å². The minimum atomic E-state index is -0.760. The lowest BCUT2D eigenvalue weighted by molar-refractivity contribution is -0.141. The first-order valence-corrected chi connectivity index (χ1v) is 29.9. The van der Waals surface area contributed by atoms with E-state index in [0.29, 0.717) is 121 Å². The molecule has 22 heteroatoms. The molecule has 4 aromatic carbocycles. The minimum absolute atomic E-state index is 0.0217. The van der Waals surface area contributed by atoms with Crippen LogP contribution >= 0.6 is 11.3 Å². The maximum absolute atomic E-state index is 14.0. The number of unbranched alkanes of at least 4 members (excludes halogenated alkanes) is 1. The first-order valence-electron chi connectivity index (χ1n) is 29.1. The van der Waals surface area contributed by atoms with Crippen molar-refractivity contribution in [1.82, 2.24) is 44.9 Å². The van der Waals surface area contributed by atoms with Crippen molar-refractivity contribution in [2.45, 2.75) is 76.5 Å². The molecule has 1 atom stereocenters. The monoisotopic (exact) mass is 1170 g/mol. The average molecular weight is 1170 g/mol. The van der Waals surface area contributed by atoms with Crippen LogP contribution in [0.3, 0.4) is 0 Å². The molecule has 6 aromatic rings. The Morgan fingerprint density at radius 1 is 0.702 bits per heavy atom. The Labute approximate surface area is 496 Å². The Kier molecular flexibility index (Phi) is 25.1. The fourth-order valence-corrected chi connectivity index (χ4v) is 10.1. The Balaban J connectivity index is 0.624. The number of nitrogens with zero attached hydrogens (tertiary/aromatic N) is 8. The maximum Gasteiger partial charge on any atom is 0.325 e. The fourth-order valence-electron chi connectivity index (χ4n) is 9.36. The molecular weight excluding hydrogens is 1090 g/mol. The number of hydrogen-bond donors (Lipinski definition) is 3. The van der Waals surface area contributed by atoms with Crippen LogP contribution in [0.2, 0.25) is 0 Å². The number of likely N-dealkylation sites (N-methyl/N-ethyl adjacent to an activating group) is 2. The molecule has 1 unspecified atom stereocenters. The molecule has 2 aliphatic rings. The van der Waals surface area contributed by atoms with Crippen LogP contribution in [0.4, 0.5) is 15.6 Å². The van der Waals surface area contributed by atoms with Gasteiger partial charge in [-0.15, -0.1) is 16.4 Å². The molecule has 1 saturated heterocycles. The van der Waals surface area contributed by atoms with E-state index in [1.807, 2.05) is 102 Å². The minimum Gasteiger partial charge on any atom is -0.497 e. The van der Waals surface area contributed by atoms with Gasteiger partial charge in [0.1, 0.15) is 29.9 Å². The summed E-state index contributed by atoms with van der Waals surface area (Å²) >= 11 is 1.28. The quantitative estimate of drug-likeness (QED) is 0.0333. The zero-order valence-corrected chi connectivity index (χ0v) is 49.5. The van der Waals surface area contributed by atoms with Crippen molar-refractivity contribution in [2.24, 2.45) is 0 Å². The number of methoxy groups -OCH3 is 1. The Bertz CT molecular complexity index is 2920. The SMILES string of the molecule is COc1ccc(CCC(=O)N(C2CC2)C(C(=O)NCc2ccccc2)c2ccc(OCCCCN(C)CCOCCOCCc3cn(CCOCCOc4ccc(NC(=O)Nc5nc(CC(=O)N6CCN(C)CC6)cs5)cc4)nn3)cc2)cc1. The number of benzene rings is 4. The van der Waals surface area contributed by atoms with Crippen molar-refractivity contribution in [2.75, 3.05) is 124 Å². The van der Waals surface area contributed by atoms with Crippen LogP contribution in [0.15, 0.2) is 115 Å². The molecule has 1 aliphatic carbocycles. The second-order valence-electron chi connectivity index (χ2n) is 20.9. The number of piperazine rings is 1. The van der Waals surface area contributed by atoms with E-state index in [0.717, 1.165) is 85.7 Å². The number of amides is 5. The third-order valence-electron chi connectivity index (χ3n) is 14.4. The van der Waals surface area contributed by atoms with Crippen molar-refractivity contribution in [1.29, 1.82) is 0 Å². The van der Waals surface area contributed by atoms with Gasteiger partial charge in [0.15, 0.2) is 5.13 Å². The lowest BCUT2D eigenvalue weighted by Crippen LogP contribution is -2.47. The van der Waals surface area contributed by atoms with Gasteiger partial charge in [0, 0.05) is 75.4 Å². The lowest BCUT2D eigenvalue weighted by atomic mass is 10.0. The third-order valence-corrected chi connectivity index (χ3v) is 15.2. The van der Waals surface area contributed by atoms with E-state index in [-0.39, 0.29) is 30.2 Å². The number of rotatable bonds is 36. The van der Waals surface area contributed by atoms with Gasteiger partial charge in [-0.3, -0.25) is 19.7 Å². The molecular formula is C62H81N11O10S. The summed E-state index contributed by atoms with van der Waals surface area (Å²) < 4.78 is 36.4. The first-order chi connectivity index (χ1) is 41.0. The van der Waals surface area contributed by atoms with Crippen LogP contribution in [-0.4, -0.2) is 183 Å².